The first kappa shape index (κ1) is 18.1. The van der Waals surface area contributed by atoms with Crippen molar-refractivity contribution in [3.63, 3.8) is 0 Å². The molecule has 2 rings (SSSR count). The van der Waals surface area contributed by atoms with Crippen LogP contribution in [0, 0.1) is 17.4 Å². The summed E-state index contributed by atoms with van der Waals surface area (Å²) >= 11 is 1.40. The molecular formula is C17H23N5OS. The van der Waals surface area contributed by atoms with E-state index in [9.17, 15) is 4.79 Å². The van der Waals surface area contributed by atoms with Crippen molar-refractivity contribution < 1.29 is 4.79 Å². The second-order valence-corrected chi connectivity index (χ2v) is 6.64. The lowest BCUT2D eigenvalue weighted by Crippen LogP contribution is -2.49. The number of nitrogens with one attached hydrogen (secondary N) is 1. The molecule has 128 valence electrons. The van der Waals surface area contributed by atoms with Crippen molar-refractivity contribution >= 4 is 34.2 Å². The maximum absolute atomic E-state index is 12.0. The van der Waals surface area contributed by atoms with Crippen molar-refractivity contribution in [3.05, 3.63) is 24.3 Å². The minimum Gasteiger partial charge on any atom is -0.368 e. The number of hydrogen-bond donors (Lipinski definition) is 1. The number of aliphatic imine (C=N–C) groups is 1. The Bertz CT molecular complexity index is 627. The SMILES string of the molecule is CSC(=Nc1ccc(N2CCN(C(=O)C(C)C)CC2)cc1)NC#N. The number of amidine groups is 1. The maximum atomic E-state index is 12.0. The van der Waals surface area contributed by atoms with Crippen LogP contribution in [0.1, 0.15) is 13.8 Å². The van der Waals surface area contributed by atoms with Gasteiger partial charge in [0, 0.05) is 37.8 Å². The third kappa shape index (κ3) is 4.65. The van der Waals surface area contributed by atoms with Gasteiger partial charge in [0.25, 0.3) is 0 Å². The number of carbonyl (C=O) groups is 1. The van der Waals surface area contributed by atoms with Gasteiger partial charge in [-0.3, -0.25) is 10.1 Å². The number of rotatable bonds is 3. The molecule has 0 radical (unpaired) electrons. The molecule has 1 saturated heterocycles. The second-order valence-electron chi connectivity index (χ2n) is 5.84. The topological polar surface area (TPSA) is 71.7 Å². The van der Waals surface area contributed by atoms with Gasteiger partial charge in [0.1, 0.15) is 0 Å². The van der Waals surface area contributed by atoms with Gasteiger partial charge in [-0.1, -0.05) is 25.6 Å². The van der Waals surface area contributed by atoms with Gasteiger partial charge in [-0.2, -0.15) is 5.26 Å². The summed E-state index contributed by atoms with van der Waals surface area (Å²) in [4.78, 5) is 20.6. The van der Waals surface area contributed by atoms with E-state index >= 15 is 0 Å². The van der Waals surface area contributed by atoms with E-state index in [0.29, 0.717) is 5.17 Å². The molecule has 1 heterocycles. The summed E-state index contributed by atoms with van der Waals surface area (Å²) in [6, 6.07) is 7.94. The maximum Gasteiger partial charge on any atom is 0.225 e. The molecule has 0 atom stereocenters. The molecule has 1 aliphatic heterocycles. The highest BCUT2D eigenvalue weighted by molar-refractivity contribution is 8.13. The van der Waals surface area contributed by atoms with Crippen LogP contribution >= 0.6 is 11.8 Å². The summed E-state index contributed by atoms with van der Waals surface area (Å²) in [6.07, 6.45) is 3.75. The molecule has 0 bridgehead atoms. The van der Waals surface area contributed by atoms with Crippen LogP contribution in [0.2, 0.25) is 0 Å². The molecule has 6 nitrogen and oxygen atoms in total. The Kier molecular flexibility index (Phi) is 6.50. The molecule has 7 heteroatoms. The van der Waals surface area contributed by atoms with Crippen molar-refractivity contribution in [1.29, 1.82) is 5.26 Å². The molecule has 1 aromatic carbocycles. The van der Waals surface area contributed by atoms with Crippen molar-refractivity contribution in [2.24, 2.45) is 10.9 Å². The average molecular weight is 345 g/mol. The molecule has 24 heavy (non-hydrogen) atoms. The molecule has 1 aliphatic rings. The Morgan fingerprint density at radius 1 is 1.25 bits per heavy atom. The van der Waals surface area contributed by atoms with E-state index in [-0.39, 0.29) is 11.8 Å². The van der Waals surface area contributed by atoms with E-state index in [1.807, 2.05) is 55.5 Å². The smallest absolute Gasteiger partial charge is 0.225 e. The fraction of sp³-hybridized carbons (Fsp3) is 0.471. The lowest BCUT2D eigenvalue weighted by Gasteiger charge is -2.36. The first-order chi connectivity index (χ1) is 11.5. The molecule has 0 saturated carbocycles. The minimum absolute atomic E-state index is 0.0568. The number of piperazine rings is 1. The van der Waals surface area contributed by atoms with Crippen LogP contribution < -0.4 is 10.2 Å². The van der Waals surface area contributed by atoms with E-state index in [0.717, 1.165) is 37.6 Å². The van der Waals surface area contributed by atoms with Crippen LogP contribution in [0.15, 0.2) is 29.3 Å². The Hall–Kier alpha value is -2.20. The van der Waals surface area contributed by atoms with Crippen LogP contribution in [0.25, 0.3) is 0 Å². The quantitative estimate of drug-likeness (QED) is 0.394. The summed E-state index contributed by atoms with van der Waals surface area (Å²) in [5.41, 5.74) is 1.93. The van der Waals surface area contributed by atoms with Gasteiger partial charge in [0.15, 0.2) is 11.4 Å². The number of nitriles is 1. The zero-order chi connectivity index (χ0) is 17.5. The number of thioether (sulfide) groups is 1. The van der Waals surface area contributed by atoms with Crippen LogP contribution in [0.5, 0.6) is 0 Å². The Morgan fingerprint density at radius 3 is 2.38 bits per heavy atom. The number of nitrogens with zero attached hydrogens (tertiary/aromatic N) is 4. The Morgan fingerprint density at radius 2 is 1.88 bits per heavy atom. The van der Waals surface area contributed by atoms with Crippen molar-refractivity contribution in [2.75, 3.05) is 37.3 Å². The van der Waals surface area contributed by atoms with Crippen molar-refractivity contribution in [3.8, 4) is 6.19 Å². The number of amides is 1. The molecule has 0 spiro atoms. The summed E-state index contributed by atoms with van der Waals surface area (Å²) in [7, 11) is 0. The van der Waals surface area contributed by atoms with E-state index in [1.54, 1.807) is 0 Å². The molecule has 0 aromatic heterocycles. The summed E-state index contributed by atoms with van der Waals surface area (Å²) < 4.78 is 0. The monoisotopic (exact) mass is 345 g/mol. The number of anilines is 1. The van der Waals surface area contributed by atoms with Crippen molar-refractivity contribution in [2.45, 2.75) is 13.8 Å². The van der Waals surface area contributed by atoms with Gasteiger partial charge in [-0.05, 0) is 30.5 Å². The van der Waals surface area contributed by atoms with Gasteiger partial charge >= 0.3 is 0 Å². The average Bonchev–Trinajstić information content (AvgIpc) is 2.61. The summed E-state index contributed by atoms with van der Waals surface area (Å²) in [5, 5.41) is 11.8. The highest BCUT2D eigenvalue weighted by Gasteiger charge is 2.22. The van der Waals surface area contributed by atoms with E-state index in [1.165, 1.54) is 11.8 Å². The molecular weight excluding hydrogens is 322 g/mol. The highest BCUT2D eigenvalue weighted by Crippen LogP contribution is 2.22. The third-order valence-electron chi connectivity index (χ3n) is 3.89. The van der Waals surface area contributed by atoms with Crippen LogP contribution in [-0.2, 0) is 4.79 Å². The van der Waals surface area contributed by atoms with Gasteiger partial charge in [-0.15, -0.1) is 0 Å². The molecule has 1 fully saturated rings. The van der Waals surface area contributed by atoms with Crippen LogP contribution in [-0.4, -0.2) is 48.4 Å². The lowest BCUT2D eigenvalue weighted by molar-refractivity contribution is -0.134. The van der Waals surface area contributed by atoms with Crippen LogP contribution in [0.4, 0.5) is 11.4 Å². The standard InChI is InChI=1S/C17H23N5OS/c1-13(2)16(23)22-10-8-21(9-11-22)15-6-4-14(5-7-15)20-17(24-3)19-12-18/h4-7,13H,8-11H2,1-3H3,(H,19,20). The third-order valence-corrected chi connectivity index (χ3v) is 4.47. The molecule has 1 aromatic rings. The van der Waals surface area contributed by atoms with E-state index < -0.39 is 0 Å². The van der Waals surface area contributed by atoms with Gasteiger partial charge in [-0.25, -0.2) is 4.99 Å². The fourth-order valence-electron chi connectivity index (χ4n) is 2.58. The normalized spacial score (nSPS) is 15.4. The zero-order valence-electron chi connectivity index (χ0n) is 14.3. The Balaban J connectivity index is 1.98. The van der Waals surface area contributed by atoms with Gasteiger partial charge in [0.05, 0.1) is 5.69 Å². The molecule has 1 N–H and O–H groups in total. The largest absolute Gasteiger partial charge is 0.368 e. The predicted molar refractivity (Wildman–Crippen MR) is 99.4 cm³/mol. The van der Waals surface area contributed by atoms with E-state index in [2.05, 4.69) is 15.2 Å². The highest BCUT2D eigenvalue weighted by atomic mass is 32.2. The molecule has 0 aliphatic carbocycles. The summed E-state index contributed by atoms with van der Waals surface area (Å²) in [5.74, 6) is 0.287. The number of hydrogen-bond acceptors (Lipinski definition) is 5. The molecule has 0 unspecified atom stereocenters. The predicted octanol–water partition coefficient (Wildman–Crippen LogP) is 2.41. The number of benzene rings is 1. The lowest BCUT2D eigenvalue weighted by atomic mass is 10.1. The first-order valence-corrected chi connectivity index (χ1v) is 9.19. The van der Waals surface area contributed by atoms with E-state index in [4.69, 9.17) is 5.26 Å². The minimum atomic E-state index is 0.0568. The second kappa shape index (κ2) is 8.60. The fourth-order valence-corrected chi connectivity index (χ4v) is 2.92. The number of carbonyl (C=O) groups excluding carboxylic acids is 1. The first-order valence-electron chi connectivity index (χ1n) is 7.96. The summed E-state index contributed by atoms with van der Waals surface area (Å²) in [6.45, 7) is 7.09. The zero-order valence-corrected chi connectivity index (χ0v) is 15.1. The molecule has 1 amide bonds. The van der Waals surface area contributed by atoms with Crippen LogP contribution in [0.3, 0.4) is 0 Å². The van der Waals surface area contributed by atoms with Gasteiger partial charge < -0.3 is 9.80 Å². The van der Waals surface area contributed by atoms with Gasteiger partial charge in [0.2, 0.25) is 5.91 Å². The Labute approximate surface area is 147 Å². The van der Waals surface area contributed by atoms with Crippen molar-refractivity contribution in [1.82, 2.24) is 10.2 Å².